The van der Waals surface area contributed by atoms with Gasteiger partial charge >= 0.3 is 19.8 Å². The molecule has 3 atom stereocenters. The third-order valence-corrected chi connectivity index (χ3v) is 13.0. The number of aromatic hydroxyl groups is 1. The first-order chi connectivity index (χ1) is 33.3. The molecule has 11 heteroatoms. The number of carbonyl (C=O) groups is 2. The number of unbranched alkanes of at least 4 members (excludes halogenated alkanes) is 8. The Kier molecular flexibility index (Phi) is 33.2. The average molecular weight is 977 g/mol. The smallest absolute Gasteiger partial charge is 0.472 e. The van der Waals surface area contributed by atoms with Crippen molar-refractivity contribution in [3.8, 4) is 11.5 Å². The number of hydrogen-bond acceptors (Lipinski definition) is 9. The Morgan fingerprint density at radius 3 is 1.55 bits per heavy atom. The van der Waals surface area contributed by atoms with Crippen LogP contribution in [0.5, 0.6) is 11.5 Å². The van der Waals surface area contributed by atoms with Crippen LogP contribution >= 0.6 is 7.82 Å². The Labute approximate surface area is 417 Å². The lowest BCUT2D eigenvalue weighted by Crippen LogP contribution is -2.38. The van der Waals surface area contributed by atoms with E-state index in [1.54, 1.807) is 0 Å². The van der Waals surface area contributed by atoms with Gasteiger partial charge in [-0.15, -0.1) is 0 Å². The van der Waals surface area contributed by atoms with E-state index in [1.807, 2.05) is 39.8 Å². The highest BCUT2D eigenvalue weighted by atomic mass is 31.2. The van der Waals surface area contributed by atoms with E-state index < -0.39 is 38.1 Å². The van der Waals surface area contributed by atoms with Crippen LogP contribution in [0.3, 0.4) is 0 Å². The topological polar surface area (TPSA) is 138 Å². The van der Waals surface area contributed by atoms with Crippen molar-refractivity contribution in [3.63, 3.8) is 0 Å². The van der Waals surface area contributed by atoms with E-state index in [0.717, 1.165) is 79.4 Å². The first kappa shape index (κ1) is 60.9. The highest BCUT2D eigenvalue weighted by molar-refractivity contribution is 7.47. The van der Waals surface area contributed by atoms with Gasteiger partial charge in [-0.1, -0.05) is 137 Å². The summed E-state index contributed by atoms with van der Waals surface area (Å²) < 4.78 is 41.2. The molecule has 0 aromatic heterocycles. The minimum Gasteiger partial charge on any atom is -0.507 e. The molecule has 0 saturated carbocycles. The van der Waals surface area contributed by atoms with Crippen LogP contribution < -0.4 is 4.74 Å². The summed E-state index contributed by atoms with van der Waals surface area (Å²) in [5.74, 6) is 0.0175. The molecule has 2 unspecified atom stereocenters. The fraction of sp³-hybridized carbons (Fsp3) is 0.586. The Morgan fingerprint density at radius 2 is 1.07 bits per heavy atom. The summed E-state index contributed by atoms with van der Waals surface area (Å²) in [6.07, 6.45) is 53.0. The molecule has 0 saturated heterocycles. The second-order valence-corrected chi connectivity index (χ2v) is 19.6. The van der Waals surface area contributed by atoms with Crippen LogP contribution in [0.2, 0.25) is 0 Å². The van der Waals surface area contributed by atoms with Crippen LogP contribution in [-0.4, -0.2) is 53.5 Å². The van der Waals surface area contributed by atoms with Crippen LogP contribution in [0.1, 0.15) is 184 Å². The number of esters is 2. The van der Waals surface area contributed by atoms with Gasteiger partial charge in [0.1, 0.15) is 23.7 Å². The molecule has 69 heavy (non-hydrogen) atoms. The first-order valence-corrected chi connectivity index (χ1v) is 27.5. The zero-order valence-corrected chi connectivity index (χ0v) is 44.2. The van der Waals surface area contributed by atoms with E-state index in [1.165, 1.54) is 38.5 Å². The molecule has 1 aromatic carbocycles. The molecule has 0 spiro atoms. The number of rotatable bonds is 38. The zero-order valence-electron chi connectivity index (χ0n) is 43.3. The van der Waals surface area contributed by atoms with Gasteiger partial charge in [0.2, 0.25) is 0 Å². The van der Waals surface area contributed by atoms with E-state index in [4.69, 9.17) is 23.3 Å². The number of ether oxygens (including phenoxy) is 3. The van der Waals surface area contributed by atoms with E-state index in [2.05, 4.69) is 98.9 Å². The largest absolute Gasteiger partial charge is 0.507 e. The molecule has 0 amide bonds. The summed E-state index contributed by atoms with van der Waals surface area (Å²) in [6.45, 7) is 11.0. The number of phosphoric ester groups is 1. The quantitative estimate of drug-likeness (QED) is 0.0285. The van der Waals surface area contributed by atoms with Crippen molar-refractivity contribution in [1.82, 2.24) is 0 Å². The van der Waals surface area contributed by atoms with Crippen molar-refractivity contribution < 1.29 is 47.4 Å². The van der Waals surface area contributed by atoms with Gasteiger partial charge in [-0.05, 0) is 147 Å². The molecule has 1 aliphatic rings. The summed E-state index contributed by atoms with van der Waals surface area (Å²) in [4.78, 5) is 36.2. The van der Waals surface area contributed by atoms with Gasteiger partial charge < -0.3 is 24.2 Å². The fourth-order valence-electron chi connectivity index (χ4n) is 7.53. The van der Waals surface area contributed by atoms with Crippen LogP contribution in [0.25, 0.3) is 0 Å². The summed E-state index contributed by atoms with van der Waals surface area (Å²) >= 11 is 0. The van der Waals surface area contributed by atoms with Crippen molar-refractivity contribution in [2.45, 2.75) is 201 Å². The normalized spacial score (nSPS) is 16.9. The van der Waals surface area contributed by atoms with Crippen molar-refractivity contribution in [1.29, 1.82) is 0 Å². The van der Waals surface area contributed by atoms with Gasteiger partial charge in [-0.25, -0.2) is 4.57 Å². The second-order valence-electron chi connectivity index (χ2n) is 18.2. The molecule has 2 rings (SSSR count). The van der Waals surface area contributed by atoms with E-state index in [9.17, 15) is 24.2 Å². The predicted octanol–water partition coefficient (Wildman–Crippen LogP) is 15.7. The molecule has 0 fully saturated rings. The fourth-order valence-corrected chi connectivity index (χ4v) is 8.28. The second kappa shape index (κ2) is 37.6. The Balaban J connectivity index is 1.82. The molecule has 0 aliphatic carbocycles. The highest BCUT2D eigenvalue weighted by Crippen LogP contribution is 2.46. The van der Waals surface area contributed by atoms with Crippen molar-refractivity contribution in [2.75, 3.05) is 19.8 Å². The molecule has 0 bridgehead atoms. The lowest BCUT2D eigenvalue weighted by atomic mass is 9.86. The lowest BCUT2D eigenvalue weighted by molar-refractivity contribution is -0.161. The molecule has 2 N–H and O–H groups in total. The maximum atomic E-state index is 13.1. The van der Waals surface area contributed by atoms with E-state index >= 15 is 0 Å². The minimum atomic E-state index is -4.60. The standard InChI is InChI=1S/C58H89O10P/c1-7-9-11-13-15-17-19-21-23-25-27-29-31-33-35-37-39-41-54(59)64-47-52(67-55(60)42-40-38-36-34-32-30-28-26-24-22-20-18-16-14-12-10-8-2)48-66-69(62,63)65-46-45-58(6)44-43-53-51(5)56(61)49(3)50(4)57(53)68-58/h15-18,21-24,27-30,33-36,52,61H,7-14,19-20,25-26,31-32,37-48H2,1-6H3,(H,62,63)/b17-15-,18-16-,23-21-,24-22-,29-27-,30-28-,35-33-,36-34-/t52-,58?/m1/s1. The summed E-state index contributed by atoms with van der Waals surface area (Å²) in [5, 5.41) is 10.5. The zero-order chi connectivity index (χ0) is 50.4. The van der Waals surface area contributed by atoms with E-state index in [-0.39, 0.29) is 31.8 Å². The number of phosphoric acid groups is 1. The van der Waals surface area contributed by atoms with Crippen LogP contribution in [0, 0.1) is 20.8 Å². The first-order valence-electron chi connectivity index (χ1n) is 26.0. The molecule has 1 aromatic rings. The monoisotopic (exact) mass is 977 g/mol. The highest BCUT2D eigenvalue weighted by Gasteiger charge is 2.36. The van der Waals surface area contributed by atoms with E-state index in [0.29, 0.717) is 44.9 Å². The molecular weight excluding hydrogens is 888 g/mol. The molecule has 1 heterocycles. The van der Waals surface area contributed by atoms with Gasteiger partial charge in [0.15, 0.2) is 6.10 Å². The Morgan fingerprint density at radius 1 is 0.623 bits per heavy atom. The van der Waals surface area contributed by atoms with Gasteiger partial charge in [0.05, 0.1) is 13.2 Å². The lowest BCUT2D eigenvalue weighted by Gasteiger charge is -2.38. The summed E-state index contributed by atoms with van der Waals surface area (Å²) in [6, 6.07) is 0. The van der Waals surface area contributed by atoms with Gasteiger partial charge in [0.25, 0.3) is 0 Å². The number of benzene rings is 1. The third-order valence-electron chi connectivity index (χ3n) is 12.0. The van der Waals surface area contributed by atoms with Gasteiger partial charge in [0, 0.05) is 24.8 Å². The van der Waals surface area contributed by atoms with Crippen LogP contribution in [0.15, 0.2) is 97.2 Å². The number of fused-ring (bicyclic) bond motifs is 1. The average Bonchev–Trinajstić information content (AvgIpc) is 3.32. The van der Waals surface area contributed by atoms with Crippen LogP contribution in [0.4, 0.5) is 0 Å². The number of allylic oxidation sites excluding steroid dienone is 16. The molecule has 1 aliphatic heterocycles. The van der Waals surface area contributed by atoms with Gasteiger partial charge in [-0.3, -0.25) is 18.6 Å². The molecular formula is C58H89O10P. The SMILES string of the molecule is CCCCC/C=C\C/C=C\C/C=C\C/C=C\CCCC(=O)OC[C@H](COP(=O)(O)OCCC1(C)CCc2c(C)c(O)c(C)c(C)c2O1)OC(=O)CCC/C=C\C/C=C\C/C=C\C/C=C\CCCCC. The van der Waals surface area contributed by atoms with Crippen molar-refractivity contribution in [3.05, 3.63) is 119 Å². The number of phenolic OH excluding ortho intramolecular Hbond substituents is 1. The Bertz CT molecular complexity index is 1900. The van der Waals surface area contributed by atoms with Crippen LogP contribution in [-0.2, 0) is 39.1 Å². The van der Waals surface area contributed by atoms with Crippen molar-refractivity contribution >= 4 is 19.8 Å². The molecule has 10 nitrogen and oxygen atoms in total. The molecule has 0 radical (unpaired) electrons. The maximum absolute atomic E-state index is 13.1. The van der Waals surface area contributed by atoms with Crippen molar-refractivity contribution in [2.24, 2.45) is 0 Å². The third kappa shape index (κ3) is 28.9. The number of phenols is 1. The number of hydrogen-bond donors (Lipinski definition) is 2. The molecule has 386 valence electrons. The minimum absolute atomic E-state index is 0.116. The van der Waals surface area contributed by atoms with Gasteiger partial charge in [-0.2, -0.15) is 0 Å². The predicted molar refractivity (Wildman–Crippen MR) is 284 cm³/mol. The summed E-state index contributed by atoms with van der Waals surface area (Å²) in [5.41, 5.74) is 2.71. The number of carbonyl (C=O) groups excluding carboxylic acids is 2. The Hall–Kier alpha value is -4.21. The summed E-state index contributed by atoms with van der Waals surface area (Å²) in [7, 11) is -4.60. The maximum Gasteiger partial charge on any atom is 0.472 e.